The molecule has 162 valence electrons. The highest BCUT2D eigenvalue weighted by atomic mass is 16.5. The summed E-state index contributed by atoms with van der Waals surface area (Å²) in [5.74, 6) is 1.11. The van der Waals surface area contributed by atoms with Gasteiger partial charge in [-0.3, -0.25) is 14.3 Å². The third-order valence-electron chi connectivity index (χ3n) is 4.90. The molecule has 2 heterocycles. The van der Waals surface area contributed by atoms with E-state index in [1.807, 2.05) is 30.3 Å². The Bertz CT molecular complexity index is 1070. The van der Waals surface area contributed by atoms with Crippen LogP contribution in [0.1, 0.15) is 32.6 Å². The van der Waals surface area contributed by atoms with E-state index in [-0.39, 0.29) is 24.3 Å². The summed E-state index contributed by atoms with van der Waals surface area (Å²) in [6, 6.07) is 9.21. The predicted octanol–water partition coefficient (Wildman–Crippen LogP) is 1.86. The van der Waals surface area contributed by atoms with Crippen LogP contribution in [0.4, 0.5) is 5.95 Å². The third kappa shape index (κ3) is 5.10. The lowest BCUT2D eigenvalue weighted by Gasteiger charge is -2.16. The molecule has 0 aliphatic carbocycles. The molecule has 0 amide bonds. The monoisotopic (exact) mass is 415 g/mol. The van der Waals surface area contributed by atoms with Crippen molar-refractivity contribution < 1.29 is 9.84 Å². The van der Waals surface area contributed by atoms with Crippen molar-refractivity contribution in [3.05, 3.63) is 51.2 Å². The second-order valence-electron chi connectivity index (χ2n) is 7.30. The van der Waals surface area contributed by atoms with Gasteiger partial charge in [-0.15, -0.1) is 0 Å². The molecule has 0 aliphatic heterocycles. The first-order chi connectivity index (χ1) is 14.5. The van der Waals surface area contributed by atoms with Crippen LogP contribution < -0.4 is 21.3 Å². The number of nitrogens with zero attached hydrogens (tertiary/aromatic N) is 3. The first kappa shape index (κ1) is 21.6. The summed E-state index contributed by atoms with van der Waals surface area (Å²) in [6.45, 7) is 3.00. The predicted molar refractivity (Wildman–Crippen MR) is 116 cm³/mol. The molecule has 3 N–H and O–H groups in total. The maximum Gasteiger partial charge on any atom is 0.329 e. The Morgan fingerprint density at radius 1 is 1.20 bits per heavy atom. The number of anilines is 1. The molecule has 3 aromatic rings. The van der Waals surface area contributed by atoms with Gasteiger partial charge in [-0.2, -0.15) is 4.98 Å². The lowest BCUT2D eigenvalue weighted by Crippen LogP contribution is -2.31. The van der Waals surface area contributed by atoms with Crippen LogP contribution in [-0.2, 0) is 13.6 Å². The zero-order valence-corrected chi connectivity index (χ0v) is 17.4. The number of unbranched alkanes of at least 4 members (excludes halogenated alkanes) is 3. The van der Waals surface area contributed by atoms with Crippen molar-refractivity contribution in [2.75, 3.05) is 18.5 Å². The number of H-pyrrole nitrogens is 1. The van der Waals surface area contributed by atoms with Crippen molar-refractivity contribution in [2.24, 2.45) is 7.05 Å². The lowest BCUT2D eigenvalue weighted by molar-refractivity contribution is 0.0938. The Balaban J connectivity index is 1.82. The van der Waals surface area contributed by atoms with Crippen LogP contribution in [0.5, 0.6) is 5.75 Å². The zero-order chi connectivity index (χ0) is 21.5. The molecule has 1 aromatic carbocycles. The van der Waals surface area contributed by atoms with E-state index in [9.17, 15) is 14.7 Å². The molecule has 0 radical (unpaired) electrons. The van der Waals surface area contributed by atoms with Gasteiger partial charge < -0.3 is 19.7 Å². The maximum atomic E-state index is 12.5. The molecule has 9 heteroatoms. The molecule has 0 fully saturated rings. The summed E-state index contributed by atoms with van der Waals surface area (Å²) in [5, 5.41) is 13.8. The molecule has 1 unspecified atom stereocenters. The van der Waals surface area contributed by atoms with Gasteiger partial charge in [-0.25, -0.2) is 4.79 Å². The highest BCUT2D eigenvalue weighted by Crippen LogP contribution is 2.17. The molecule has 0 bridgehead atoms. The standard InChI is InChI=1S/C21H29N5O4/c1-3-4-5-9-12-22-20-23-18-17(19(28)24-21(29)25(18)2)26(20)13-15(27)14-30-16-10-7-6-8-11-16/h6-8,10-11,15,27H,3-5,9,12-14H2,1-2H3,(H,22,23)(H,24,28,29). The number of para-hydroxylation sites is 1. The molecular weight excluding hydrogens is 386 g/mol. The number of fused-ring (bicyclic) bond motifs is 1. The Morgan fingerprint density at radius 2 is 1.97 bits per heavy atom. The summed E-state index contributed by atoms with van der Waals surface area (Å²) < 4.78 is 8.53. The van der Waals surface area contributed by atoms with Crippen molar-refractivity contribution in [1.29, 1.82) is 0 Å². The van der Waals surface area contributed by atoms with Crippen molar-refractivity contribution in [2.45, 2.75) is 45.3 Å². The SMILES string of the molecule is CCCCCCNc1nc2c(c(=O)[nH]c(=O)n2C)n1CC(O)COc1ccccc1. The number of benzene rings is 1. The minimum absolute atomic E-state index is 0.0588. The number of nitrogens with one attached hydrogen (secondary N) is 2. The van der Waals surface area contributed by atoms with Crippen LogP contribution in [0, 0.1) is 0 Å². The van der Waals surface area contributed by atoms with Gasteiger partial charge in [-0.05, 0) is 18.6 Å². The van der Waals surface area contributed by atoms with Crippen LogP contribution in [0.15, 0.2) is 39.9 Å². The number of aliphatic hydroxyl groups excluding tert-OH is 1. The number of hydrogen-bond donors (Lipinski definition) is 3. The van der Waals surface area contributed by atoms with E-state index in [1.165, 1.54) is 4.57 Å². The van der Waals surface area contributed by atoms with Gasteiger partial charge in [0.1, 0.15) is 18.5 Å². The fraction of sp³-hybridized carbons (Fsp3) is 0.476. The summed E-state index contributed by atoms with van der Waals surface area (Å²) in [5.41, 5.74) is -0.543. The lowest BCUT2D eigenvalue weighted by atomic mass is 10.2. The molecule has 2 aromatic heterocycles. The highest BCUT2D eigenvalue weighted by molar-refractivity contribution is 5.74. The fourth-order valence-corrected chi connectivity index (χ4v) is 3.27. The van der Waals surface area contributed by atoms with Gasteiger partial charge in [0.05, 0.1) is 6.54 Å². The quantitative estimate of drug-likeness (QED) is 0.412. The van der Waals surface area contributed by atoms with E-state index in [4.69, 9.17) is 4.74 Å². The Hall–Kier alpha value is -3.07. The number of ether oxygens (including phenoxy) is 1. The Kier molecular flexibility index (Phi) is 7.29. The molecule has 3 rings (SSSR count). The molecule has 0 saturated carbocycles. The maximum absolute atomic E-state index is 12.5. The fourth-order valence-electron chi connectivity index (χ4n) is 3.27. The average Bonchev–Trinajstić information content (AvgIpc) is 3.10. The molecule has 0 aliphatic rings. The van der Waals surface area contributed by atoms with Gasteiger partial charge >= 0.3 is 5.69 Å². The molecule has 0 saturated heterocycles. The minimum atomic E-state index is -0.875. The summed E-state index contributed by atoms with van der Waals surface area (Å²) >= 11 is 0. The van der Waals surface area contributed by atoms with E-state index >= 15 is 0 Å². The minimum Gasteiger partial charge on any atom is -0.491 e. The summed E-state index contributed by atoms with van der Waals surface area (Å²) in [4.78, 5) is 31.2. The summed E-state index contributed by atoms with van der Waals surface area (Å²) in [6.07, 6.45) is 3.48. The number of hydrogen-bond acceptors (Lipinski definition) is 6. The number of aromatic amines is 1. The number of aliphatic hydroxyl groups is 1. The number of aromatic nitrogens is 4. The van der Waals surface area contributed by atoms with Gasteiger partial charge in [0.2, 0.25) is 5.95 Å². The van der Waals surface area contributed by atoms with Crippen molar-refractivity contribution in [3.8, 4) is 5.75 Å². The molecular formula is C21H29N5O4. The van der Waals surface area contributed by atoms with Gasteiger partial charge in [-0.1, -0.05) is 44.4 Å². The van der Waals surface area contributed by atoms with E-state index < -0.39 is 17.4 Å². The van der Waals surface area contributed by atoms with E-state index in [2.05, 4.69) is 22.2 Å². The Labute approximate surface area is 174 Å². The van der Waals surface area contributed by atoms with Crippen LogP contribution >= 0.6 is 0 Å². The molecule has 0 spiro atoms. The molecule has 30 heavy (non-hydrogen) atoms. The average molecular weight is 415 g/mol. The van der Waals surface area contributed by atoms with Crippen LogP contribution in [0.3, 0.4) is 0 Å². The largest absolute Gasteiger partial charge is 0.491 e. The topological polar surface area (TPSA) is 114 Å². The zero-order valence-electron chi connectivity index (χ0n) is 17.4. The van der Waals surface area contributed by atoms with Crippen LogP contribution in [0.25, 0.3) is 11.2 Å². The van der Waals surface area contributed by atoms with Crippen molar-refractivity contribution in [3.63, 3.8) is 0 Å². The normalized spacial score (nSPS) is 12.2. The van der Waals surface area contributed by atoms with Crippen LogP contribution in [-0.4, -0.2) is 43.5 Å². The van der Waals surface area contributed by atoms with Crippen molar-refractivity contribution >= 4 is 17.1 Å². The van der Waals surface area contributed by atoms with Crippen molar-refractivity contribution in [1.82, 2.24) is 19.1 Å². The number of aryl methyl sites for hydroxylation is 1. The van der Waals surface area contributed by atoms with E-state index in [0.717, 1.165) is 25.7 Å². The second-order valence-corrected chi connectivity index (χ2v) is 7.30. The molecule has 1 atom stereocenters. The third-order valence-corrected chi connectivity index (χ3v) is 4.90. The summed E-state index contributed by atoms with van der Waals surface area (Å²) in [7, 11) is 1.55. The first-order valence-electron chi connectivity index (χ1n) is 10.3. The highest BCUT2D eigenvalue weighted by Gasteiger charge is 2.19. The molecule has 9 nitrogen and oxygen atoms in total. The van der Waals surface area contributed by atoms with E-state index in [1.54, 1.807) is 11.6 Å². The van der Waals surface area contributed by atoms with Gasteiger partial charge in [0, 0.05) is 13.6 Å². The second kappa shape index (κ2) is 10.1. The van der Waals surface area contributed by atoms with E-state index in [0.29, 0.717) is 18.2 Å². The Morgan fingerprint density at radius 3 is 2.70 bits per heavy atom. The number of imidazole rings is 1. The van der Waals surface area contributed by atoms with Gasteiger partial charge in [0.15, 0.2) is 11.2 Å². The smallest absolute Gasteiger partial charge is 0.329 e. The number of rotatable bonds is 11. The van der Waals surface area contributed by atoms with Gasteiger partial charge in [0.25, 0.3) is 5.56 Å². The first-order valence-corrected chi connectivity index (χ1v) is 10.3. The van der Waals surface area contributed by atoms with Crippen LogP contribution in [0.2, 0.25) is 0 Å².